The summed E-state index contributed by atoms with van der Waals surface area (Å²) in [5, 5.41) is 5.82. The number of amides is 2. The van der Waals surface area contributed by atoms with Crippen LogP contribution in [0.2, 0.25) is 0 Å². The molecule has 0 spiro atoms. The highest BCUT2D eigenvalue weighted by molar-refractivity contribution is 5.79. The van der Waals surface area contributed by atoms with E-state index < -0.39 is 0 Å². The number of carbonyl (C=O) groups excluding carboxylic acids is 2. The molecule has 0 bridgehead atoms. The molecule has 24 heavy (non-hydrogen) atoms. The molecule has 0 saturated carbocycles. The lowest BCUT2D eigenvalue weighted by Gasteiger charge is -2.35. The molecule has 0 aromatic carbocycles. The van der Waals surface area contributed by atoms with Gasteiger partial charge < -0.3 is 20.4 Å². The average Bonchev–Trinajstić information content (AvgIpc) is 2.63. The number of hydrogen-bond acceptors (Lipinski definition) is 5. The SMILES string of the molecule is CNCCCC(=O)NCCC(=O)N1CCN(c2ccccn2)CC1. The minimum absolute atomic E-state index is 0.0121. The number of rotatable bonds is 8. The first kappa shape index (κ1) is 18.2. The zero-order valence-electron chi connectivity index (χ0n) is 14.3. The smallest absolute Gasteiger partial charge is 0.224 e. The quantitative estimate of drug-likeness (QED) is 0.666. The topological polar surface area (TPSA) is 77.6 Å². The predicted molar refractivity (Wildman–Crippen MR) is 93.8 cm³/mol. The predicted octanol–water partition coefficient (Wildman–Crippen LogP) is 0.236. The Morgan fingerprint density at radius 3 is 2.58 bits per heavy atom. The molecule has 0 atom stereocenters. The summed E-state index contributed by atoms with van der Waals surface area (Å²) < 4.78 is 0. The van der Waals surface area contributed by atoms with Crippen molar-refractivity contribution in [3.63, 3.8) is 0 Å². The van der Waals surface area contributed by atoms with E-state index in [1.807, 2.05) is 30.1 Å². The number of aromatic nitrogens is 1. The number of piperazine rings is 1. The van der Waals surface area contributed by atoms with Crippen molar-refractivity contribution in [1.29, 1.82) is 0 Å². The molecule has 0 unspecified atom stereocenters. The highest BCUT2D eigenvalue weighted by Gasteiger charge is 2.21. The van der Waals surface area contributed by atoms with E-state index in [-0.39, 0.29) is 11.8 Å². The Kier molecular flexibility index (Phi) is 7.48. The van der Waals surface area contributed by atoms with Crippen LogP contribution in [-0.4, -0.2) is 68.0 Å². The van der Waals surface area contributed by atoms with Gasteiger partial charge in [-0.25, -0.2) is 4.98 Å². The van der Waals surface area contributed by atoms with Gasteiger partial charge >= 0.3 is 0 Å². The Balaban J connectivity index is 1.63. The minimum Gasteiger partial charge on any atom is -0.356 e. The van der Waals surface area contributed by atoms with Crippen LogP contribution in [0.1, 0.15) is 19.3 Å². The summed E-state index contributed by atoms with van der Waals surface area (Å²) in [4.78, 5) is 32.2. The van der Waals surface area contributed by atoms with Gasteiger partial charge in [0.15, 0.2) is 0 Å². The standard InChI is InChI=1S/C17H27N5O2/c1-18-8-4-6-16(23)20-10-7-17(24)22-13-11-21(12-14-22)15-5-2-3-9-19-15/h2-3,5,9,18H,4,6-8,10-14H2,1H3,(H,20,23). The van der Waals surface area contributed by atoms with Crippen molar-refractivity contribution >= 4 is 17.6 Å². The third-order valence-electron chi connectivity index (χ3n) is 4.10. The summed E-state index contributed by atoms with van der Waals surface area (Å²) in [6.45, 7) is 4.22. The van der Waals surface area contributed by atoms with Gasteiger partial charge in [0, 0.05) is 51.8 Å². The Morgan fingerprint density at radius 2 is 1.92 bits per heavy atom. The fourth-order valence-corrected chi connectivity index (χ4v) is 2.71. The van der Waals surface area contributed by atoms with Crippen LogP contribution >= 0.6 is 0 Å². The van der Waals surface area contributed by atoms with Gasteiger partial charge in [-0.15, -0.1) is 0 Å². The fraction of sp³-hybridized carbons (Fsp3) is 0.588. The summed E-state index contributed by atoms with van der Waals surface area (Å²) in [5.74, 6) is 1.07. The summed E-state index contributed by atoms with van der Waals surface area (Å²) in [6.07, 6.45) is 3.46. The first-order valence-corrected chi connectivity index (χ1v) is 8.56. The Morgan fingerprint density at radius 1 is 1.12 bits per heavy atom. The van der Waals surface area contributed by atoms with E-state index in [4.69, 9.17) is 0 Å². The lowest BCUT2D eigenvalue weighted by Crippen LogP contribution is -2.49. The van der Waals surface area contributed by atoms with Crippen molar-refractivity contribution in [3.8, 4) is 0 Å². The number of anilines is 1. The molecule has 7 nitrogen and oxygen atoms in total. The molecule has 1 aliphatic rings. The second-order valence-corrected chi connectivity index (χ2v) is 5.86. The van der Waals surface area contributed by atoms with Gasteiger partial charge in [0.1, 0.15) is 5.82 Å². The average molecular weight is 333 g/mol. The lowest BCUT2D eigenvalue weighted by atomic mass is 10.2. The maximum Gasteiger partial charge on any atom is 0.224 e. The molecule has 1 aromatic heterocycles. The van der Waals surface area contributed by atoms with E-state index in [0.717, 1.165) is 31.9 Å². The van der Waals surface area contributed by atoms with E-state index in [0.29, 0.717) is 32.5 Å². The summed E-state index contributed by atoms with van der Waals surface area (Å²) in [6, 6.07) is 5.86. The molecular weight excluding hydrogens is 306 g/mol. The van der Waals surface area contributed by atoms with Crippen LogP contribution < -0.4 is 15.5 Å². The van der Waals surface area contributed by atoms with Crippen molar-refractivity contribution in [3.05, 3.63) is 24.4 Å². The zero-order chi connectivity index (χ0) is 17.2. The van der Waals surface area contributed by atoms with Crippen LogP contribution in [0.3, 0.4) is 0 Å². The molecule has 2 heterocycles. The fourth-order valence-electron chi connectivity index (χ4n) is 2.71. The van der Waals surface area contributed by atoms with Crippen molar-refractivity contribution in [1.82, 2.24) is 20.5 Å². The largest absolute Gasteiger partial charge is 0.356 e. The molecule has 2 amide bonds. The summed E-state index contributed by atoms with van der Waals surface area (Å²) in [5.41, 5.74) is 0. The van der Waals surface area contributed by atoms with E-state index in [2.05, 4.69) is 20.5 Å². The second kappa shape index (κ2) is 9.87. The van der Waals surface area contributed by atoms with Gasteiger partial charge in [0.2, 0.25) is 11.8 Å². The Hall–Kier alpha value is -2.15. The highest BCUT2D eigenvalue weighted by atomic mass is 16.2. The molecule has 132 valence electrons. The molecule has 0 aliphatic carbocycles. The van der Waals surface area contributed by atoms with Crippen LogP contribution in [0.25, 0.3) is 0 Å². The van der Waals surface area contributed by atoms with Gasteiger partial charge in [0.05, 0.1) is 0 Å². The zero-order valence-corrected chi connectivity index (χ0v) is 14.3. The third-order valence-corrected chi connectivity index (χ3v) is 4.10. The van der Waals surface area contributed by atoms with Gasteiger partial charge in [-0.2, -0.15) is 0 Å². The van der Waals surface area contributed by atoms with Crippen LogP contribution in [0.5, 0.6) is 0 Å². The molecule has 2 N–H and O–H groups in total. The maximum absolute atomic E-state index is 12.2. The first-order chi connectivity index (χ1) is 11.7. The number of nitrogens with one attached hydrogen (secondary N) is 2. The van der Waals surface area contributed by atoms with Crippen molar-refractivity contribution < 1.29 is 9.59 Å². The number of pyridine rings is 1. The maximum atomic E-state index is 12.2. The molecule has 1 aliphatic heterocycles. The van der Waals surface area contributed by atoms with Crippen LogP contribution in [0, 0.1) is 0 Å². The Labute approximate surface area is 143 Å². The van der Waals surface area contributed by atoms with E-state index in [9.17, 15) is 9.59 Å². The summed E-state index contributed by atoms with van der Waals surface area (Å²) >= 11 is 0. The van der Waals surface area contributed by atoms with Crippen LogP contribution in [0.4, 0.5) is 5.82 Å². The van der Waals surface area contributed by atoms with Crippen molar-refractivity contribution in [2.24, 2.45) is 0 Å². The molecule has 0 radical (unpaired) electrons. The van der Waals surface area contributed by atoms with Crippen molar-refractivity contribution in [2.75, 3.05) is 51.2 Å². The van der Waals surface area contributed by atoms with E-state index >= 15 is 0 Å². The van der Waals surface area contributed by atoms with E-state index in [1.54, 1.807) is 6.20 Å². The highest BCUT2D eigenvalue weighted by Crippen LogP contribution is 2.12. The molecule has 1 aromatic rings. The molecule has 1 saturated heterocycles. The van der Waals surface area contributed by atoms with Crippen LogP contribution in [0.15, 0.2) is 24.4 Å². The second-order valence-electron chi connectivity index (χ2n) is 5.86. The number of hydrogen-bond donors (Lipinski definition) is 2. The molecule has 1 fully saturated rings. The summed E-state index contributed by atoms with van der Waals surface area (Å²) in [7, 11) is 1.87. The van der Waals surface area contributed by atoms with Gasteiger partial charge in [-0.1, -0.05) is 6.07 Å². The molecule has 2 rings (SSSR count). The number of nitrogens with zero attached hydrogens (tertiary/aromatic N) is 3. The monoisotopic (exact) mass is 333 g/mol. The van der Waals surface area contributed by atoms with Crippen molar-refractivity contribution in [2.45, 2.75) is 19.3 Å². The Bertz CT molecular complexity index is 515. The third kappa shape index (κ3) is 5.81. The molecular formula is C17H27N5O2. The first-order valence-electron chi connectivity index (χ1n) is 8.56. The lowest BCUT2D eigenvalue weighted by molar-refractivity contribution is -0.131. The van der Waals surface area contributed by atoms with Gasteiger partial charge in [-0.3, -0.25) is 9.59 Å². The normalized spacial score (nSPS) is 14.5. The minimum atomic E-state index is 0.0121. The molecule has 7 heteroatoms. The van der Waals surface area contributed by atoms with Gasteiger partial charge in [-0.05, 0) is 32.1 Å². The van der Waals surface area contributed by atoms with E-state index in [1.165, 1.54) is 0 Å². The van der Waals surface area contributed by atoms with Crippen LogP contribution in [-0.2, 0) is 9.59 Å². The van der Waals surface area contributed by atoms with Gasteiger partial charge in [0.25, 0.3) is 0 Å². The number of carbonyl (C=O) groups is 2.